The van der Waals surface area contributed by atoms with Crippen molar-refractivity contribution in [1.82, 2.24) is 5.32 Å². The molecule has 6 heteroatoms. The Bertz CT molecular complexity index is 457. The summed E-state index contributed by atoms with van der Waals surface area (Å²) in [4.78, 5) is 12.0. The molecule has 1 aliphatic heterocycles. The average Bonchev–Trinajstić information content (AvgIpc) is 3.02. The molecule has 2 fully saturated rings. The molecular formula is C13H16BrNO4. The SMILES string of the molecule is O=C(NC1CCC2(CC1)OCCO2)c1ccoc1Br. The molecule has 0 unspecified atom stereocenters. The molecule has 0 aromatic carbocycles. The van der Waals surface area contributed by atoms with E-state index in [-0.39, 0.29) is 17.7 Å². The van der Waals surface area contributed by atoms with Crippen molar-refractivity contribution < 1.29 is 18.7 Å². The molecule has 2 heterocycles. The summed E-state index contributed by atoms with van der Waals surface area (Å²) in [6.07, 6.45) is 4.92. The van der Waals surface area contributed by atoms with Crippen LogP contribution in [0.5, 0.6) is 0 Å². The van der Waals surface area contributed by atoms with Crippen LogP contribution in [0.15, 0.2) is 21.4 Å². The van der Waals surface area contributed by atoms with E-state index in [1.165, 1.54) is 6.26 Å². The Morgan fingerprint density at radius 2 is 2.00 bits per heavy atom. The molecule has 1 amide bonds. The Morgan fingerprint density at radius 3 is 2.58 bits per heavy atom. The van der Waals surface area contributed by atoms with Crippen LogP contribution in [0.2, 0.25) is 0 Å². The Morgan fingerprint density at radius 1 is 1.32 bits per heavy atom. The number of amides is 1. The van der Waals surface area contributed by atoms with Crippen molar-refractivity contribution in [1.29, 1.82) is 0 Å². The summed E-state index contributed by atoms with van der Waals surface area (Å²) in [5, 5.41) is 3.03. The minimum atomic E-state index is -0.378. The maximum Gasteiger partial charge on any atom is 0.255 e. The molecular weight excluding hydrogens is 314 g/mol. The zero-order chi connectivity index (χ0) is 13.3. The van der Waals surface area contributed by atoms with Gasteiger partial charge in [-0.2, -0.15) is 0 Å². The van der Waals surface area contributed by atoms with E-state index in [0.29, 0.717) is 23.4 Å². The molecule has 104 valence electrons. The van der Waals surface area contributed by atoms with Crippen molar-refractivity contribution in [2.24, 2.45) is 0 Å². The molecule has 0 atom stereocenters. The van der Waals surface area contributed by atoms with Crippen LogP contribution in [0.4, 0.5) is 0 Å². The second kappa shape index (κ2) is 5.26. The summed E-state index contributed by atoms with van der Waals surface area (Å²) in [6.45, 7) is 1.36. The van der Waals surface area contributed by atoms with Gasteiger partial charge in [0.25, 0.3) is 5.91 Å². The number of hydrogen-bond acceptors (Lipinski definition) is 4. The van der Waals surface area contributed by atoms with Crippen molar-refractivity contribution in [3.63, 3.8) is 0 Å². The second-order valence-corrected chi connectivity index (χ2v) is 5.68. The summed E-state index contributed by atoms with van der Waals surface area (Å²) in [6, 6.07) is 1.83. The minimum absolute atomic E-state index is 0.102. The van der Waals surface area contributed by atoms with E-state index in [2.05, 4.69) is 21.2 Å². The molecule has 1 aromatic rings. The van der Waals surface area contributed by atoms with Crippen LogP contribution in [-0.2, 0) is 9.47 Å². The molecule has 1 N–H and O–H groups in total. The summed E-state index contributed by atoms with van der Waals surface area (Å²) in [7, 11) is 0. The fraction of sp³-hybridized carbons (Fsp3) is 0.615. The Labute approximate surface area is 119 Å². The standard InChI is InChI=1S/C13H16BrNO4/c14-11-10(3-6-17-11)12(16)15-9-1-4-13(5-2-9)18-7-8-19-13/h3,6,9H,1-2,4-5,7-8H2,(H,15,16). The highest BCUT2D eigenvalue weighted by molar-refractivity contribution is 9.10. The van der Waals surface area contributed by atoms with Crippen LogP contribution in [0, 0.1) is 0 Å². The van der Waals surface area contributed by atoms with Gasteiger partial charge in [-0.1, -0.05) is 0 Å². The Balaban J connectivity index is 1.55. The van der Waals surface area contributed by atoms with Crippen LogP contribution >= 0.6 is 15.9 Å². The third-order valence-corrected chi connectivity index (χ3v) is 4.37. The minimum Gasteiger partial charge on any atom is -0.457 e. The van der Waals surface area contributed by atoms with E-state index < -0.39 is 0 Å². The molecule has 1 spiro atoms. The number of nitrogens with one attached hydrogen (secondary N) is 1. The smallest absolute Gasteiger partial charge is 0.255 e. The first-order valence-electron chi connectivity index (χ1n) is 6.50. The van der Waals surface area contributed by atoms with Gasteiger partial charge in [0.1, 0.15) is 0 Å². The maximum absolute atomic E-state index is 12.0. The van der Waals surface area contributed by atoms with Crippen molar-refractivity contribution in [3.8, 4) is 0 Å². The van der Waals surface area contributed by atoms with E-state index in [0.717, 1.165) is 25.7 Å². The number of ether oxygens (including phenoxy) is 2. The highest BCUT2D eigenvalue weighted by Gasteiger charge is 2.40. The quantitative estimate of drug-likeness (QED) is 0.905. The fourth-order valence-corrected chi connectivity index (χ4v) is 3.13. The van der Waals surface area contributed by atoms with Gasteiger partial charge in [-0.15, -0.1) is 0 Å². The average molecular weight is 330 g/mol. The molecule has 1 saturated heterocycles. The molecule has 1 saturated carbocycles. The van der Waals surface area contributed by atoms with Gasteiger partial charge < -0.3 is 19.2 Å². The van der Waals surface area contributed by atoms with E-state index in [1.807, 2.05) is 0 Å². The number of hydrogen-bond donors (Lipinski definition) is 1. The zero-order valence-corrected chi connectivity index (χ0v) is 12.1. The Hall–Kier alpha value is -0.850. The molecule has 0 bridgehead atoms. The monoisotopic (exact) mass is 329 g/mol. The zero-order valence-electron chi connectivity index (χ0n) is 10.5. The van der Waals surface area contributed by atoms with E-state index >= 15 is 0 Å². The summed E-state index contributed by atoms with van der Waals surface area (Å²) >= 11 is 3.21. The van der Waals surface area contributed by atoms with Gasteiger partial charge >= 0.3 is 0 Å². The molecule has 3 rings (SSSR count). The summed E-state index contributed by atoms with van der Waals surface area (Å²) in [5.74, 6) is -0.480. The van der Waals surface area contributed by atoms with Crippen molar-refractivity contribution >= 4 is 21.8 Å². The van der Waals surface area contributed by atoms with Gasteiger partial charge in [-0.25, -0.2) is 0 Å². The number of halogens is 1. The second-order valence-electron chi connectivity index (χ2n) is 4.96. The first-order chi connectivity index (χ1) is 9.19. The normalized spacial score (nSPS) is 22.8. The fourth-order valence-electron chi connectivity index (χ4n) is 2.71. The van der Waals surface area contributed by atoms with Gasteiger partial charge in [0.2, 0.25) is 0 Å². The predicted octanol–water partition coefficient (Wildman–Crippen LogP) is 2.46. The van der Waals surface area contributed by atoms with Crippen molar-refractivity contribution in [2.45, 2.75) is 37.5 Å². The highest BCUT2D eigenvalue weighted by Crippen LogP contribution is 2.35. The van der Waals surface area contributed by atoms with Crippen LogP contribution in [-0.4, -0.2) is 30.9 Å². The lowest BCUT2D eigenvalue weighted by Gasteiger charge is -2.35. The van der Waals surface area contributed by atoms with Crippen molar-refractivity contribution in [3.05, 3.63) is 22.6 Å². The third-order valence-electron chi connectivity index (χ3n) is 3.76. The molecule has 19 heavy (non-hydrogen) atoms. The number of carbonyl (C=O) groups excluding carboxylic acids is 1. The third kappa shape index (κ3) is 2.70. The predicted molar refractivity (Wildman–Crippen MR) is 70.8 cm³/mol. The van der Waals surface area contributed by atoms with Gasteiger partial charge in [-0.3, -0.25) is 4.79 Å². The van der Waals surface area contributed by atoms with Crippen LogP contribution < -0.4 is 5.32 Å². The largest absolute Gasteiger partial charge is 0.457 e. The van der Waals surface area contributed by atoms with Crippen LogP contribution in [0.1, 0.15) is 36.0 Å². The van der Waals surface area contributed by atoms with Crippen LogP contribution in [0.25, 0.3) is 0 Å². The molecule has 0 radical (unpaired) electrons. The van der Waals surface area contributed by atoms with Gasteiger partial charge in [0.15, 0.2) is 10.5 Å². The van der Waals surface area contributed by atoms with E-state index in [9.17, 15) is 4.79 Å². The highest BCUT2D eigenvalue weighted by atomic mass is 79.9. The van der Waals surface area contributed by atoms with Gasteiger partial charge in [0, 0.05) is 18.9 Å². The van der Waals surface area contributed by atoms with E-state index in [4.69, 9.17) is 13.9 Å². The number of carbonyl (C=O) groups is 1. The first-order valence-corrected chi connectivity index (χ1v) is 7.30. The molecule has 1 aliphatic carbocycles. The number of rotatable bonds is 2. The maximum atomic E-state index is 12.0. The molecule has 5 nitrogen and oxygen atoms in total. The van der Waals surface area contributed by atoms with Crippen molar-refractivity contribution in [2.75, 3.05) is 13.2 Å². The number of furan rings is 1. The topological polar surface area (TPSA) is 60.7 Å². The Kier molecular flexibility index (Phi) is 3.64. The van der Waals surface area contributed by atoms with Crippen LogP contribution in [0.3, 0.4) is 0 Å². The first kappa shape index (κ1) is 13.1. The van der Waals surface area contributed by atoms with E-state index in [1.54, 1.807) is 6.07 Å². The lowest BCUT2D eigenvalue weighted by atomic mass is 9.90. The molecule has 1 aromatic heterocycles. The van der Waals surface area contributed by atoms with Gasteiger partial charge in [-0.05, 0) is 34.8 Å². The lowest BCUT2D eigenvalue weighted by molar-refractivity contribution is -0.179. The summed E-state index contributed by atoms with van der Waals surface area (Å²) < 4.78 is 16.9. The summed E-state index contributed by atoms with van der Waals surface area (Å²) in [5.41, 5.74) is 0.536. The lowest BCUT2D eigenvalue weighted by Crippen LogP contribution is -2.44. The van der Waals surface area contributed by atoms with Gasteiger partial charge in [0.05, 0.1) is 25.0 Å². The molecule has 2 aliphatic rings.